The number of esters is 1. The molecule has 0 radical (unpaired) electrons. The number of halogens is 1. The lowest BCUT2D eigenvalue weighted by atomic mass is 9.86. The third kappa shape index (κ3) is 3.72. The fourth-order valence-corrected chi connectivity index (χ4v) is 3.19. The van der Waals surface area contributed by atoms with E-state index < -0.39 is 4.92 Å². The number of rotatable bonds is 4. The number of methoxy groups -OCH3 is 1. The highest BCUT2D eigenvalue weighted by atomic mass is 79.9. The van der Waals surface area contributed by atoms with Gasteiger partial charge in [0.25, 0.3) is 0 Å². The Morgan fingerprint density at radius 2 is 2.05 bits per heavy atom. The minimum atomic E-state index is -0.396. The molecule has 1 aliphatic rings. The number of nitrogens with one attached hydrogen (secondary N) is 1. The molecule has 0 heterocycles. The molecule has 0 amide bonds. The molecule has 1 fully saturated rings. The van der Waals surface area contributed by atoms with Gasteiger partial charge in [-0.25, -0.2) is 0 Å². The van der Waals surface area contributed by atoms with Gasteiger partial charge in [-0.1, -0.05) is 6.07 Å². The van der Waals surface area contributed by atoms with Crippen molar-refractivity contribution in [2.24, 2.45) is 5.92 Å². The van der Waals surface area contributed by atoms with Crippen LogP contribution < -0.4 is 5.32 Å². The van der Waals surface area contributed by atoms with E-state index in [0.29, 0.717) is 10.2 Å². The van der Waals surface area contributed by atoms with Crippen molar-refractivity contribution >= 4 is 33.3 Å². The van der Waals surface area contributed by atoms with E-state index >= 15 is 0 Å². The van der Waals surface area contributed by atoms with Crippen molar-refractivity contribution in [3.8, 4) is 0 Å². The molecule has 114 valence electrons. The number of nitrogens with zero attached hydrogens (tertiary/aromatic N) is 1. The number of benzene rings is 1. The first-order chi connectivity index (χ1) is 10.0. The van der Waals surface area contributed by atoms with Gasteiger partial charge in [-0.15, -0.1) is 0 Å². The van der Waals surface area contributed by atoms with E-state index in [4.69, 9.17) is 4.74 Å². The Bertz CT molecular complexity index is 542. The van der Waals surface area contributed by atoms with Crippen LogP contribution >= 0.6 is 15.9 Å². The number of nitro benzene ring substituents is 1. The lowest BCUT2D eigenvalue weighted by molar-refractivity contribution is -0.384. The summed E-state index contributed by atoms with van der Waals surface area (Å²) >= 11 is 3.21. The highest BCUT2D eigenvalue weighted by Gasteiger charge is 2.28. The summed E-state index contributed by atoms with van der Waals surface area (Å²) in [5.41, 5.74) is 0.559. The summed E-state index contributed by atoms with van der Waals surface area (Å²) < 4.78 is 5.21. The van der Waals surface area contributed by atoms with E-state index in [9.17, 15) is 14.9 Å². The second-order valence-corrected chi connectivity index (χ2v) is 5.96. The van der Waals surface area contributed by atoms with Crippen molar-refractivity contribution in [3.63, 3.8) is 0 Å². The molecule has 21 heavy (non-hydrogen) atoms. The predicted octanol–water partition coefficient (Wildman–Crippen LogP) is 3.50. The average Bonchev–Trinajstić information content (AvgIpc) is 2.47. The number of ether oxygens (including phenoxy) is 1. The van der Waals surface area contributed by atoms with E-state index in [1.807, 2.05) is 0 Å². The molecular weight excluding hydrogens is 340 g/mol. The molecule has 0 aliphatic heterocycles. The van der Waals surface area contributed by atoms with Crippen LogP contribution in [0.2, 0.25) is 0 Å². The van der Waals surface area contributed by atoms with E-state index in [0.717, 1.165) is 25.7 Å². The van der Waals surface area contributed by atoms with Crippen molar-refractivity contribution < 1.29 is 14.5 Å². The van der Waals surface area contributed by atoms with Crippen molar-refractivity contribution in [2.75, 3.05) is 12.4 Å². The largest absolute Gasteiger partial charge is 0.469 e. The first kappa shape index (κ1) is 15.8. The third-order valence-corrected chi connectivity index (χ3v) is 4.43. The first-order valence-corrected chi connectivity index (χ1v) is 7.59. The first-order valence-electron chi connectivity index (χ1n) is 6.80. The quantitative estimate of drug-likeness (QED) is 0.507. The molecule has 0 aromatic heterocycles. The van der Waals surface area contributed by atoms with Gasteiger partial charge in [0.05, 0.1) is 22.4 Å². The minimum Gasteiger partial charge on any atom is -0.469 e. The molecule has 0 bridgehead atoms. The number of hydrogen-bond acceptors (Lipinski definition) is 5. The smallest absolute Gasteiger partial charge is 0.308 e. The van der Waals surface area contributed by atoms with Gasteiger partial charge in [0.15, 0.2) is 0 Å². The molecular formula is C14H17BrN2O4. The highest BCUT2D eigenvalue weighted by molar-refractivity contribution is 9.10. The van der Waals surface area contributed by atoms with Gasteiger partial charge < -0.3 is 10.1 Å². The topological polar surface area (TPSA) is 81.5 Å². The second-order valence-electron chi connectivity index (χ2n) is 5.11. The zero-order chi connectivity index (χ0) is 15.4. The zero-order valence-electron chi connectivity index (χ0n) is 11.7. The van der Waals surface area contributed by atoms with Crippen LogP contribution in [0, 0.1) is 16.0 Å². The molecule has 1 N–H and O–H groups in total. The lowest BCUT2D eigenvalue weighted by Gasteiger charge is -2.28. The Labute approximate surface area is 131 Å². The number of hydrogen-bond donors (Lipinski definition) is 1. The summed E-state index contributed by atoms with van der Waals surface area (Å²) in [6.07, 6.45) is 3.07. The zero-order valence-corrected chi connectivity index (χ0v) is 13.3. The monoisotopic (exact) mass is 356 g/mol. The van der Waals surface area contributed by atoms with Gasteiger partial charge in [-0.3, -0.25) is 14.9 Å². The van der Waals surface area contributed by atoms with Crippen molar-refractivity contribution in [1.29, 1.82) is 0 Å². The van der Waals surface area contributed by atoms with Crippen LogP contribution in [0.4, 0.5) is 11.4 Å². The van der Waals surface area contributed by atoms with Gasteiger partial charge in [0.1, 0.15) is 5.69 Å². The maximum atomic E-state index is 11.5. The summed E-state index contributed by atoms with van der Waals surface area (Å²) in [5.74, 6) is -0.215. The normalized spacial score (nSPS) is 21.6. The molecule has 6 nitrogen and oxygen atoms in total. The van der Waals surface area contributed by atoms with Gasteiger partial charge in [-0.2, -0.15) is 0 Å². The van der Waals surface area contributed by atoms with Crippen molar-refractivity contribution in [1.82, 2.24) is 0 Å². The number of para-hydroxylation sites is 1. The molecule has 7 heteroatoms. The van der Waals surface area contributed by atoms with Crippen molar-refractivity contribution in [3.05, 3.63) is 32.8 Å². The second kappa shape index (κ2) is 6.89. The summed E-state index contributed by atoms with van der Waals surface area (Å²) in [4.78, 5) is 22.2. The molecule has 1 aromatic carbocycles. The maximum absolute atomic E-state index is 11.5. The Morgan fingerprint density at radius 1 is 1.38 bits per heavy atom. The van der Waals surface area contributed by atoms with Crippen LogP contribution in [0.1, 0.15) is 25.7 Å². The highest BCUT2D eigenvalue weighted by Crippen LogP contribution is 2.35. The Morgan fingerprint density at radius 3 is 2.62 bits per heavy atom. The fourth-order valence-electron chi connectivity index (χ4n) is 2.68. The van der Waals surface area contributed by atoms with Gasteiger partial charge in [0, 0.05) is 6.04 Å². The van der Waals surface area contributed by atoms with Crippen LogP contribution in [0.5, 0.6) is 0 Å². The standard InChI is InChI=1S/C14H17BrN2O4/c1-21-14(18)9-5-7-10(8-6-9)16-12-4-2-3-11(15)13(12)17(19)20/h2-4,9-10,16H,5-8H2,1H3/t9-,10+. The van der Waals surface area contributed by atoms with E-state index in [1.165, 1.54) is 7.11 Å². The lowest BCUT2D eigenvalue weighted by Crippen LogP contribution is -2.30. The Hall–Kier alpha value is -1.63. The van der Waals surface area contributed by atoms with E-state index in [-0.39, 0.29) is 23.6 Å². The molecule has 0 spiro atoms. The molecule has 0 unspecified atom stereocenters. The minimum absolute atomic E-state index is 0.0487. The molecule has 1 aliphatic carbocycles. The molecule has 0 atom stereocenters. The summed E-state index contributed by atoms with van der Waals surface area (Å²) in [6, 6.07) is 5.26. The number of carbonyl (C=O) groups excluding carboxylic acids is 1. The number of carbonyl (C=O) groups is 1. The third-order valence-electron chi connectivity index (χ3n) is 3.79. The molecule has 2 rings (SSSR count). The summed E-state index contributed by atoms with van der Waals surface area (Å²) in [5, 5.41) is 14.4. The van der Waals surface area contributed by atoms with Crippen LogP contribution in [0.3, 0.4) is 0 Å². The average molecular weight is 357 g/mol. The van der Waals surface area contributed by atoms with Gasteiger partial charge >= 0.3 is 11.7 Å². The van der Waals surface area contributed by atoms with Gasteiger partial charge in [0.2, 0.25) is 0 Å². The molecule has 1 aromatic rings. The molecule has 1 saturated carbocycles. The van der Waals surface area contributed by atoms with E-state index in [1.54, 1.807) is 18.2 Å². The van der Waals surface area contributed by atoms with E-state index in [2.05, 4.69) is 21.2 Å². The Balaban J connectivity index is 2.03. The number of anilines is 1. The van der Waals surface area contributed by atoms with Gasteiger partial charge in [-0.05, 0) is 53.7 Å². The van der Waals surface area contributed by atoms with Crippen LogP contribution in [-0.4, -0.2) is 24.0 Å². The van der Waals surface area contributed by atoms with Crippen molar-refractivity contribution in [2.45, 2.75) is 31.7 Å². The number of nitro groups is 1. The van der Waals surface area contributed by atoms with Crippen LogP contribution in [0.25, 0.3) is 0 Å². The summed E-state index contributed by atoms with van der Waals surface area (Å²) in [6.45, 7) is 0. The predicted molar refractivity (Wildman–Crippen MR) is 82.2 cm³/mol. The van der Waals surface area contributed by atoms with Crippen LogP contribution in [-0.2, 0) is 9.53 Å². The molecule has 0 saturated heterocycles. The maximum Gasteiger partial charge on any atom is 0.308 e. The fraction of sp³-hybridized carbons (Fsp3) is 0.500. The summed E-state index contributed by atoms with van der Waals surface area (Å²) in [7, 11) is 1.40. The SMILES string of the molecule is COC(=O)[C@H]1CC[C@@H](Nc2cccc(Br)c2[N+](=O)[O-])CC1. The van der Waals surface area contributed by atoms with Crippen LogP contribution in [0.15, 0.2) is 22.7 Å². The Kier molecular flexibility index (Phi) is 5.17.